The van der Waals surface area contributed by atoms with Crippen molar-refractivity contribution in [1.29, 1.82) is 0 Å². The van der Waals surface area contributed by atoms with Crippen molar-refractivity contribution in [2.45, 2.75) is 89.8 Å². The van der Waals surface area contributed by atoms with Crippen LogP contribution in [0.4, 0.5) is 0 Å². The first kappa shape index (κ1) is 25.4. The molecule has 7 heteroatoms. The van der Waals surface area contributed by atoms with Gasteiger partial charge in [0.05, 0.1) is 19.3 Å². The molecular formula is C29H41NO6. The monoisotopic (exact) mass is 499 g/mol. The van der Waals surface area contributed by atoms with E-state index in [9.17, 15) is 14.7 Å². The second-order valence-corrected chi connectivity index (χ2v) is 11.8. The van der Waals surface area contributed by atoms with E-state index in [1.54, 1.807) is 0 Å². The second kappa shape index (κ2) is 10.2. The summed E-state index contributed by atoms with van der Waals surface area (Å²) in [4.78, 5) is 26.4. The molecule has 0 aromatic heterocycles. The molecular weight excluding hydrogens is 458 g/mol. The minimum Gasteiger partial charge on any atom is -0.490 e. The zero-order valence-electron chi connectivity index (χ0n) is 21.8. The summed E-state index contributed by atoms with van der Waals surface area (Å²) >= 11 is 0. The molecule has 1 aliphatic carbocycles. The number of nitrogens with zero attached hydrogens (tertiary/aromatic N) is 1. The third-order valence-corrected chi connectivity index (χ3v) is 9.05. The Hall–Kier alpha value is -2.28. The van der Waals surface area contributed by atoms with E-state index in [4.69, 9.17) is 14.2 Å². The van der Waals surface area contributed by atoms with Gasteiger partial charge in [-0.1, -0.05) is 44.2 Å². The van der Waals surface area contributed by atoms with E-state index in [1.807, 2.05) is 36.9 Å². The molecule has 5 rings (SSSR count). The minimum absolute atomic E-state index is 0.00877. The normalized spacial score (nSPS) is 29.0. The van der Waals surface area contributed by atoms with Gasteiger partial charge in [-0.2, -0.15) is 0 Å². The molecule has 7 nitrogen and oxygen atoms in total. The molecule has 2 saturated heterocycles. The van der Waals surface area contributed by atoms with Crippen LogP contribution >= 0.6 is 0 Å². The molecule has 3 aliphatic heterocycles. The maximum atomic E-state index is 12.9. The largest absolute Gasteiger partial charge is 0.490 e. The quantitative estimate of drug-likeness (QED) is 0.518. The van der Waals surface area contributed by atoms with Gasteiger partial charge in [0.15, 0.2) is 11.5 Å². The second-order valence-electron chi connectivity index (χ2n) is 11.8. The van der Waals surface area contributed by atoms with Crippen LogP contribution in [0.1, 0.15) is 89.7 Å². The highest BCUT2D eigenvalue weighted by Gasteiger charge is 2.58. The number of carboxylic acids is 1. The van der Waals surface area contributed by atoms with Gasteiger partial charge in [0.1, 0.15) is 5.60 Å². The molecule has 1 aromatic carbocycles. The Morgan fingerprint density at radius 1 is 1.17 bits per heavy atom. The number of ether oxygens (including phenoxy) is 3. The third kappa shape index (κ3) is 4.96. The fraction of sp³-hybridized carbons (Fsp3) is 0.724. The molecule has 0 bridgehead atoms. The SMILES string of the molecule is CCOc1cccc2c1O[C@](C)(CCC(=O)O)[C@H]1CC3(CO[C@H]21)CN(C(=O)CCC1CCCCC1)C3. The van der Waals surface area contributed by atoms with E-state index >= 15 is 0 Å². The van der Waals surface area contributed by atoms with Crippen LogP contribution in [0.2, 0.25) is 0 Å². The predicted molar refractivity (Wildman–Crippen MR) is 135 cm³/mol. The van der Waals surface area contributed by atoms with E-state index in [0.29, 0.717) is 43.5 Å². The molecule has 1 saturated carbocycles. The van der Waals surface area contributed by atoms with Crippen molar-refractivity contribution in [2.75, 3.05) is 26.3 Å². The standard InChI is InChI=1S/C29H41NO6/c1-3-34-23-11-7-10-21-26-22(28(2,36-27(21)23)15-14-25(32)33)16-29(19-35-26)17-30(18-29)24(31)13-12-20-8-5-4-6-9-20/h7,10-11,20,22,26H,3-6,8-9,12-19H2,1-2H3,(H,32,33)/t22-,26+,28+/m0/s1. The minimum atomic E-state index is -0.829. The maximum absolute atomic E-state index is 12.9. The highest BCUT2D eigenvalue weighted by molar-refractivity contribution is 5.77. The van der Waals surface area contributed by atoms with E-state index in [2.05, 4.69) is 0 Å². The molecule has 1 N–H and O–H groups in total. The van der Waals surface area contributed by atoms with Gasteiger partial charge in [-0.25, -0.2) is 0 Å². The first-order chi connectivity index (χ1) is 17.3. The Morgan fingerprint density at radius 3 is 2.67 bits per heavy atom. The van der Waals surface area contributed by atoms with Crippen molar-refractivity contribution in [3.8, 4) is 11.5 Å². The molecule has 3 fully saturated rings. The molecule has 198 valence electrons. The Labute approximate surface area is 214 Å². The summed E-state index contributed by atoms with van der Waals surface area (Å²) in [5.74, 6) is 1.52. The number of likely N-dealkylation sites (tertiary alicyclic amines) is 1. The summed E-state index contributed by atoms with van der Waals surface area (Å²) in [6.07, 6.45) is 9.29. The summed E-state index contributed by atoms with van der Waals surface area (Å²) in [5, 5.41) is 9.43. The van der Waals surface area contributed by atoms with Gasteiger partial charge >= 0.3 is 5.97 Å². The van der Waals surface area contributed by atoms with Crippen LogP contribution in [0, 0.1) is 17.3 Å². The Kier molecular flexibility index (Phi) is 7.21. The molecule has 36 heavy (non-hydrogen) atoms. The molecule has 0 unspecified atom stereocenters. The number of carboxylic acid groups (broad SMARTS) is 1. The molecule has 1 spiro atoms. The first-order valence-electron chi connectivity index (χ1n) is 13.9. The van der Waals surface area contributed by atoms with Crippen molar-refractivity contribution in [3.63, 3.8) is 0 Å². The lowest BCUT2D eigenvalue weighted by atomic mass is 9.63. The highest BCUT2D eigenvalue weighted by atomic mass is 16.5. The number of carbonyl (C=O) groups excluding carboxylic acids is 1. The fourth-order valence-electron chi connectivity index (χ4n) is 7.02. The molecule has 1 amide bonds. The number of amides is 1. The van der Waals surface area contributed by atoms with E-state index < -0.39 is 11.6 Å². The Bertz CT molecular complexity index is 967. The Balaban J connectivity index is 1.29. The summed E-state index contributed by atoms with van der Waals surface area (Å²) in [7, 11) is 0. The highest BCUT2D eigenvalue weighted by Crippen LogP contribution is 2.58. The average molecular weight is 500 g/mol. The molecule has 4 aliphatic rings. The van der Waals surface area contributed by atoms with Gasteiger partial charge in [0.2, 0.25) is 5.91 Å². The van der Waals surface area contributed by atoms with Crippen LogP contribution in [-0.4, -0.2) is 53.8 Å². The van der Waals surface area contributed by atoms with Gasteiger partial charge < -0.3 is 24.2 Å². The number of para-hydroxylation sites is 1. The van der Waals surface area contributed by atoms with Crippen molar-refractivity contribution >= 4 is 11.9 Å². The average Bonchev–Trinajstić information content (AvgIpc) is 2.86. The van der Waals surface area contributed by atoms with Gasteiger partial charge in [0, 0.05) is 42.8 Å². The zero-order valence-corrected chi connectivity index (χ0v) is 21.8. The molecule has 3 atom stereocenters. The van der Waals surface area contributed by atoms with Crippen LogP contribution in [0.3, 0.4) is 0 Å². The van der Waals surface area contributed by atoms with Crippen molar-refractivity contribution in [2.24, 2.45) is 17.3 Å². The lowest BCUT2D eigenvalue weighted by molar-refractivity contribution is -0.206. The molecule has 0 radical (unpaired) electrons. The van der Waals surface area contributed by atoms with Gasteiger partial charge in [-0.3, -0.25) is 9.59 Å². The van der Waals surface area contributed by atoms with E-state index in [-0.39, 0.29) is 29.8 Å². The van der Waals surface area contributed by atoms with E-state index in [1.165, 1.54) is 32.1 Å². The van der Waals surface area contributed by atoms with Crippen molar-refractivity contribution in [3.05, 3.63) is 23.8 Å². The summed E-state index contributed by atoms with van der Waals surface area (Å²) < 4.78 is 19.0. The number of aliphatic carboxylic acids is 1. The lowest BCUT2D eigenvalue weighted by Gasteiger charge is -2.59. The number of hydrogen-bond donors (Lipinski definition) is 1. The van der Waals surface area contributed by atoms with Crippen LogP contribution in [-0.2, 0) is 14.3 Å². The van der Waals surface area contributed by atoms with Gasteiger partial charge in [0.25, 0.3) is 0 Å². The van der Waals surface area contributed by atoms with Crippen molar-refractivity contribution < 1.29 is 28.9 Å². The number of benzene rings is 1. The summed E-state index contributed by atoms with van der Waals surface area (Å²) in [6.45, 7) is 6.53. The molecule has 1 aromatic rings. The topological polar surface area (TPSA) is 85.3 Å². The van der Waals surface area contributed by atoms with Gasteiger partial charge in [-0.15, -0.1) is 0 Å². The third-order valence-electron chi connectivity index (χ3n) is 9.05. The van der Waals surface area contributed by atoms with Crippen LogP contribution in [0.15, 0.2) is 18.2 Å². The smallest absolute Gasteiger partial charge is 0.303 e. The van der Waals surface area contributed by atoms with Crippen LogP contribution < -0.4 is 9.47 Å². The first-order valence-corrected chi connectivity index (χ1v) is 13.9. The fourth-order valence-corrected chi connectivity index (χ4v) is 7.02. The van der Waals surface area contributed by atoms with Crippen molar-refractivity contribution in [1.82, 2.24) is 4.90 Å². The van der Waals surface area contributed by atoms with Crippen LogP contribution in [0.25, 0.3) is 0 Å². The van der Waals surface area contributed by atoms with Gasteiger partial charge in [-0.05, 0) is 45.1 Å². The Morgan fingerprint density at radius 2 is 1.94 bits per heavy atom. The number of fused-ring (bicyclic) bond motifs is 3. The van der Waals surface area contributed by atoms with E-state index in [0.717, 1.165) is 31.5 Å². The summed E-state index contributed by atoms with van der Waals surface area (Å²) in [6, 6.07) is 5.90. The predicted octanol–water partition coefficient (Wildman–Crippen LogP) is 5.37. The lowest BCUT2D eigenvalue weighted by Crippen LogP contribution is -2.65. The molecule has 3 heterocycles. The van der Waals surface area contributed by atoms with Crippen LogP contribution in [0.5, 0.6) is 11.5 Å². The number of carbonyl (C=O) groups is 2. The maximum Gasteiger partial charge on any atom is 0.303 e. The summed E-state index contributed by atoms with van der Waals surface area (Å²) in [5.41, 5.74) is 0.209. The number of rotatable bonds is 8. The number of hydrogen-bond acceptors (Lipinski definition) is 5. The zero-order chi connectivity index (χ0) is 25.3.